The van der Waals surface area contributed by atoms with E-state index in [0.717, 1.165) is 0 Å². The van der Waals surface area contributed by atoms with Crippen molar-refractivity contribution in [2.24, 2.45) is 0 Å². The molecule has 0 saturated carbocycles. The first kappa shape index (κ1) is 8.80. The molecule has 0 aromatic carbocycles. The van der Waals surface area contributed by atoms with Crippen LogP contribution in [0, 0.1) is 0 Å². The lowest BCUT2D eigenvalue weighted by Crippen LogP contribution is -2.39. The van der Waals surface area contributed by atoms with Crippen molar-refractivity contribution >= 4 is 11.8 Å². The average Bonchev–Trinajstić information content (AvgIpc) is 2.27. The van der Waals surface area contributed by atoms with E-state index in [4.69, 9.17) is 4.74 Å². The summed E-state index contributed by atoms with van der Waals surface area (Å²) in [5.74, 6) is 0.892. The van der Waals surface area contributed by atoms with Crippen LogP contribution >= 0.6 is 0 Å². The highest BCUT2D eigenvalue weighted by molar-refractivity contribution is 5.80. The van der Waals surface area contributed by atoms with E-state index in [1.54, 1.807) is 18.3 Å². The molecule has 14 heavy (non-hydrogen) atoms. The normalized spacial score (nSPS) is 18.8. The number of anilines is 1. The Bertz CT molecular complexity index is 354. The Balaban J connectivity index is 2.17. The van der Waals surface area contributed by atoms with Crippen LogP contribution in [0.3, 0.4) is 0 Å². The number of hydrogen-bond acceptors (Lipinski definition) is 5. The third-order valence-corrected chi connectivity index (χ3v) is 1.97. The van der Waals surface area contributed by atoms with Gasteiger partial charge in [0.2, 0.25) is 0 Å². The number of nitrogens with one attached hydrogen (secondary N) is 1. The lowest BCUT2D eigenvalue weighted by molar-refractivity contribution is -0.142. The molecule has 74 valence electrons. The van der Waals surface area contributed by atoms with Crippen LogP contribution in [0.5, 0.6) is 5.75 Å². The Morgan fingerprint density at radius 2 is 2.64 bits per heavy atom. The standard InChI is InChI=1S/C9H10N2O3/c1-13-9(12)6-5-14-7-3-2-4-10-8(7)11-6/h2-4,6H,5H2,1H3,(H,10,11). The first-order chi connectivity index (χ1) is 6.81. The van der Waals surface area contributed by atoms with Crippen molar-refractivity contribution in [1.29, 1.82) is 0 Å². The average molecular weight is 194 g/mol. The van der Waals surface area contributed by atoms with Gasteiger partial charge in [-0.25, -0.2) is 9.78 Å². The molecule has 5 heteroatoms. The second-order valence-electron chi connectivity index (χ2n) is 2.88. The van der Waals surface area contributed by atoms with E-state index in [9.17, 15) is 4.79 Å². The van der Waals surface area contributed by atoms with Gasteiger partial charge in [-0.3, -0.25) is 0 Å². The van der Waals surface area contributed by atoms with Crippen LogP contribution < -0.4 is 10.1 Å². The van der Waals surface area contributed by atoms with E-state index in [0.29, 0.717) is 11.6 Å². The molecule has 1 aromatic rings. The van der Waals surface area contributed by atoms with Crippen molar-refractivity contribution in [3.63, 3.8) is 0 Å². The molecule has 0 aliphatic carbocycles. The summed E-state index contributed by atoms with van der Waals surface area (Å²) in [7, 11) is 1.35. The van der Waals surface area contributed by atoms with Gasteiger partial charge in [-0.15, -0.1) is 0 Å². The molecule has 0 spiro atoms. The SMILES string of the molecule is COC(=O)C1COc2cccnc2N1. The van der Waals surface area contributed by atoms with Gasteiger partial charge in [-0.1, -0.05) is 0 Å². The number of hydrogen-bond donors (Lipinski definition) is 1. The molecule has 5 nitrogen and oxygen atoms in total. The smallest absolute Gasteiger partial charge is 0.331 e. The number of aromatic nitrogens is 1. The third-order valence-electron chi connectivity index (χ3n) is 1.97. The number of esters is 1. The molecule has 1 atom stereocenters. The lowest BCUT2D eigenvalue weighted by atomic mass is 10.2. The van der Waals surface area contributed by atoms with Crippen molar-refractivity contribution in [3.8, 4) is 5.75 Å². The van der Waals surface area contributed by atoms with Gasteiger partial charge < -0.3 is 14.8 Å². The number of fused-ring (bicyclic) bond motifs is 1. The molecule has 0 fully saturated rings. The maximum Gasteiger partial charge on any atom is 0.331 e. The highest BCUT2D eigenvalue weighted by Gasteiger charge is 2.26. The molecule has 1 N–H and O–H groups in total. The molecule has 2 heterocycles. The first-order valence-corrected chi connectivity index (χ1v) is 4.23. The topological polar surface area (TPSA) is 60.5 Å². The maximum absolute atomic E-state index is 11.2. The van der Waals surface area contributed by atoms with Gasteiger partial charge in [0.05, 0.1) is 7.11 Å². The highest BCUT2D eigenvalue weighted by Crippen LogP contribution is 2.25. The second kappa shape index (κ2) is 3.53. The van der Waals surface area contributed by atoms with Gasteiger partial charge in [-0.2, -0.15) is 0 Å². The van der Waals surface area contributed by atoms with E-state index in [1.165, 1.54) is 7.11 Å². The molecule has 0 bridgehead atoms. The predicted molar refractivity (Wildman–Crippen MR) is 49.2 cm³/mol. The van der Waals surface area contributed by atoms with Crippen LogP contribution in [0.25, 0.3) is 0 Å². The monoisotopic (exact) mass is 194 g/mol. The Morgan fingerprint density at radius 1 is 1.79 bits per heavy atom. The molecule has 0 radical (unpaired) electrons. The quantitative estimate of drug-likeness (QED) is 0.657. The van der Waals surface area contributed by atoms with Crippen LogP contribution in [-0.2, 0) is 9.53 Å². The van der Waals surface area contributed by atoms with Crippen molar-refractivity contribution in [2.75, 3.05) is 19.0 Å². The van der Waals surface area contributed by atoms with Crippen LogP contribution in [-0.4, -0.2) is 30.7 Å². The second-order valence-corrected chi connectivity index (χ2v) is 2.88. The van der Waals surface area contributed by atoms with Gasteiger partial charge >= 0.3 is 5.97 Å². The van der Waals surface area contributed by atoms with Gasteiger partial charge in [0.1, 0.15) is 6.61 Å². The van der Waals surface area contributed by atoms with Crippen LogP contribution in [0.1, 0.15) is 0 Å². The Hall–Kier alpha value is -1.78. The molecule has 0 amide bonds. The minimum atomic E-state index is -0.470. The fourth-order valence-corrected chi connectivity index (χ4v) is 1.26. The lowest BCUT2D eigenvalue weighted by Gasteiger charge is -2.24. The van der Waals surface area contributed by atoms with E-state index >= 15 is 0 Å². The number of carbonyl (C=O) groups excluding carboxylic acids is 1. The molecule has 0 saturated heterocycles. The summed E-state index contributed by atoms with van der Waals surface area (Å²) in [5, 5.41) is 2.94. The van der Waals surface area contributed by atoms with E-state index in [-0.39, 0.29) is 12.6 Å². The minimum Gasteiger partial charge on any atom is -0.487 e. The summed E-state index contributed by atoms with van der Waals surface area (Å²) < 4.78 is 9.93. The number of carbonyl (C=O) groups is 1. The number of ether oxygens (including phenoxy) is 2. The highest BCUT2D eigenvalue weighted by atomic mass is 16.5. The zero-order valence-corrected chi connectivity index (χ0v) is 7.69. The fraction of sp³-hybridized carbons (Fsp3) is 0.333. The largest absolute Gasteiger partial charge is 0.487 e. The predicted octanol–water partition coefficient (Wildman–Crippen LogP) is 0.427. The van der Waals surface area contributed by atoms with Crippen LogP contribution in [0.4, 0.5) is 5.82 Å². The molecule has 1 aromatic heterocycles. The van der Waals surface area contributed by atoms with Gasteiger partial charge in [0, 0.05) is 6.20 Å². The van der Waals surface area contributed by atoms with Crippen molar-refractivity contribution in [3.05, 3.63) is 18.3 Å². The summed E-state index contributed by atoms with van der Waals surface area (Å²) in [6.07, 6.45) is 1.63. The zero-order valence-electron chi connectivity index (χ0n) is 7.69. The summed E-state index contributed by atoms with van der Waals surface area (Å²) in [4.78, 5) is 15.2. The van der Waals surface area contributed by atoms with Gasteiger partial charge in [0.25, 0.3) is 0 Å². The van der Waals surface area contributed by atoms with E-state index in [2.05, 4.69) is 15.0 Å². The summed E-state index contributed by atoms with van der Waals surface area (Å²) >= 11 is 0. The minimum absolute atomic E-state index is 0.269. The number of rotatable bonds is 1. The Morgan fingerprint density at radius 3 is 3.43 bits per heavy atom. The molecular formula is C9H10N2O3. The van der Waals surface area contributed by atoms with Crippen LogP contribution in [0.2, 0.25) is 0 Å². The summed E-state index contributed by atoms with van der Waals surface area (Å²) in [5.41, 5.74) is 0. The number of pyridine rings is 1. The van der Waals surface area contributed by atoms with Gasteiger partial charge in [0.15, 0.2) is 17.6 Å². The number of methoxy groups -OCH3 is 1. The summed E-state index contributed by atoms with van der Waals surface area (Å²) in [6, 6.07) is 3.10. The Labute approximate surface area is 81.0 Å². The van der Waals surface area contributed by atoms with Crippen LogP contribution in [0.15, 0.2) is 18.3 Å². The Kier molecular flexibility index (Phi) is 2.22. The summed E-state index contributed by atoms with van der Waals surface area (Å²) in [6.45, 7) is 0.269. The third kappa shape index (κ3) is 1.48. The van der Waals surface area contributed by atoms with E-state index < -0.39 is 6.04 Å². The van der Waals surface area contributed by atoms with E-state index in [1.807, 2.05) is 0 Å². The van der Waals surface area contributed by atoms with Crippen molar-refractivity contribution in [1.82, 2.24) is 4.98 Å². The molecular weight excluding hydrogens is 184 g/mol. The van der Waals surface area contributed by atoms with Crippen molar-refractivity contribution in [2.45, 2.75) is 6.04 Å². The van der Waals surface area contributed by atoms with Crippen molar-refractivity contribution < 1.29 is 14.3 Å². The van der Waals surface area contributed by atoms with Gasteiger partial charge in [-0.05, 0) is 12.1 Å². The molecule has 1 unspecified atom stereocenters. The zero-order chi connectivity index (χ0) is 9.97. The fourth-order valence-electron chi connectivity index (χ4n) is 1.26. The maximum atomic E-state index is 11.2. The molecule has 1 aliphatic heterocycles. The molecule has 1 aliphatic rings. The molecule has 2 rings (SSSR count). The number of nitrogens with zero attached hydrogens (tertiary/aromatic N) is 1. The first-order valence-electron chi connectivity index (χ1n) is 4.23.